The van der Waals surface area contributed by atoms with Gasteiger partial charge in [0, 0.05) is 19.6 Å². The van der Waals surface area contributed by atoms with Crippen LogP contribution in [0.25, 0.3) is 16.7 Å². The molecule has 2 aromatic carbocycles. The van der Waals surface area contributed by atoms with E-state index in [-0.39, 0.29) is 16.7 Å². The number of rotatable bonds is 9. The number of aromatic nitrogens is 4. The predicted molar refractivity (Wildman–Crippen MR) is 133 cm³/mol. The molecule has 1 unspecified atom stereocenters. The van der Waals surface area contributed by atoms with Crippen LogP contribution in [0, 0.1) is 0 Å². The van der Waals surface area contributed by atoms with E-state index in [0.717, 1.165) is 23.9 Å². The lowest BCUT2D eigenvalue weighted by Gasteiger charge is -2.24. The van der Waals surface area contributed by atoms with Crippen molar-refractivity contribution in [1.82, 2.24) is 24.1 Å². The third-order valence-electron chi connectivity index (χ3n) is 5.75. The molecule has 0 saturated heterocycles. The average Bonchev–Trinajstić information content (AvgIpc) is 3.26. The molecule has 2 heterocycles. The first-order valence-electron chi connectivity index (χ1n) is 11.4. The lowest BCUT2D eigenvalue weighted by Crippen LogP contribution is -2.36. The number of benzene rings is 2. The van der Waals surface area contributed by atoms with E-state index in [2.05, 4.69) is 17.1 Å². The van der Waals surface area contributed by atoms with Crippen LogP contribution < -0.4 is 5.56 Å². The van der Waals surface area contributed by atoms with Gasteiger partial charge in [-0.3, -0.25) is 18.6 Å². The minimum atomic E-state index is -0.351. The number of nitrogens with zero attached hydrogens (tertiary/aromatic N) is 5. The van der Waals surface area contributed by atoms with E-state index in [4.69, 9.17) is 0 Å². The number of unbranched alkanes of at least 4 members (excludes halogenated alkanes) is 1. The van der Waals surface area contributed by atoms with Gasteiger partial charge in [-0.2, -0.15) is 0 Å². The summed E-state index contributed by atoms with van der Waals surface area (Å²) in [4.78, 5) is 28.2. The molecular formula is C25H29N5O2S. The lowest BCUT2D eigenvalue weighted by molar-refractivity contribution is -0.130. The standard InChI is InChI=1S/C25H29N5O2S/c1-4-6-16-29-23(32)20-14-10-11-15-21(20)30-24(29)26-27-25(30)33-18(3)22(31)28(5-2)17-19-12-8-7-9-13-19/h7-15,18H,4-6,16-17H2,1-3H3. The van der Waals surface area contributed by atoms with Crippen molar-refractivity contribution in [2.45, 2.75) is 57.1 Å². The molecule has 0 fully saturated rings. The van der Waals surface area contributed by atoms with Crippen molar-refractivity contribution in [2.24, 2.45) is 0 Å². The van der Waals surface area contributed by atoms with Gasteiger partial charge >= 0.3 is 0 Å². The Hall–Kier alpha value is -3.13. The van der Waals surface area contributed by atoms with Crippen LogP contribution in [-0.4, -0.2) is 41.8 Å². The van der Waals surface area contributed by atoms with Gasteiger partial charge in [0.25, 0.3) is 5.56 Å². The largest absolute Gasteiger partial charge is 0.338 e. The number of amides is 1. The molecule has 7 nitrogen and oxygen atoms in total. The minimum Gasteiger partial charge on any atom is -0.338 e. The minimum absolute atomic E-state index is 0.0479. The Morgan fingerprint density at radius 1 is 1.06 bits per heavy atom. The van der Waals surface area contributed by atoms with Crippen molar-refractivity contribution in [3.63, 3.8) is 0 Å². The van der Waals surface area contributed by atoms with Gasteiger partial charge in [-0.1, -0.05) is 67.6 Å². The molecular weight excluding hydrogens is 434 g/mol. The molecule has 0 spiro atoms. The van der Waals surface area contributed by atoms with Gasteiger partial charge in [0.05, 0.1) is 16.2 Å². The molecule has 0 radical (unpaired) electrons. The second-order valence-electron chi connectivity index (χ2n) is 8.04. The Morgan fingerprint density at radius 3 is 2.52 bits per heavy atom. The summed E-state index contributed by atoms with van der Waals surface area (Å²) in [5.41, 5.74) is 1.80. The summed E-state index contributed by atoms with van der Waals surface area (Å²) < 4.78 is 3.61. The highest BCUT2D eigenvalue weighted by Gasteiger charge is 2.24. The summed E-state index contributed by atoms with van der Waals surface area (Å²) in [6.45, 7) is 7.76. The van der Waals surface area contributed by atoms with E-state index in [1.54, 1.807) is 4.57 Å². The van der Waals surface area contributed by atoms with E-state index in [0.29, 0.717) is 36.0 Å². The van der Waals surface area contributed by atoms with Crippen LogP contribution in [-0.2, 0) is 17.9 Å². The quantitative estimate of drug-likeness (QED) is 0.345. The van der Waals surface area contributed by atoms with Crippen molar-refractivity contribution in [2.75, 3.05) is 6.54 Å². The fourth-order valence-corrected chi connectivity index (χ4v) is 4.88. The Labute approximate surface area is 197 Å². The molecule has 172 valence electrons. The van der Waals surface area contributed by atoms with Crippen LogP contribution in [0.2, 0.25) is 0 Å². The van der Waals surface area contributed by atoms with Crippen LogP contribution in [0.15, 0.2) is 64.5 Å². The van der Waals surface area contributed by atoms with Gasteiger partial charge in [-0.05, 0) is 38.0 Å². The van der Waals surface area contributed by atoms with E-state index < -0.39 is 0 Å². The summed E-state index contributed by atoms with van der Waals surface area (Å²) in [6.07, 6.45) is 1.85. The topological polar surface area (TPSA) is 72.5 Å². The van der Waals surface area contributed by atoms with Gasteiger partial charge in [-0.15, -0.1) is 10.2 Å². The monoisotopic (exact) mass is 463 g/mol. The highest BCUT2D eigenvalue weighted by Crippen LogP contribution is 2.26. The van der Waals surface area contributed by atoms with Crippen molar-refractivity contribution < 1.29 is 4.79 Å². The third kappa shape index (κ3) is 4.66. The van der Waals surface area contributed by atoms with Crippen LogP contribution in [0.3, 0.4) is 0 Å². The predicted octanol–water partition coefficient (Wildman–Crippen LogP) is 4.37. The maximum absolute atomic E-state index is 13.3. The molecule has 1 atom stereocenters. The highest BCUT2D eigenvalue weighted by molar-refractivity contribution is 8.00. The third-order valence-corrected chi connectivity index (χ3v) is 6.78. The van der Waals surface area contributed by atoms with Crippen LogP contribution >= 0.6 is 11.8 Å². The molecule has 4 aromatic rings. The van der Waals surface area contributed by atoms with Gasteiger partial charge in [0.1, 0.15) is 0 Å². The molecule has 4 rings (SSSR count). The number of carbonyl (C=O) groups excluding carboxylic acids is 1. The number of hydrogen-bond donors (Lipinski definition) is 0. The fourth-order valence-electron chi connectivity index (χ4n) is 3.94. The molecule has 8 heteroatoms. The smallest absolute Gasteiger partial charge is 0.262 e. The molecule has 0 aliphatic heterocycles. The van der Waals surface area contributed by atoms with Crippen LogP contribution in [0.1, 0.15) is 39.2 Å². The molecule has 0 N–H and O–H groups in total. The van der Waals surface area contributed by atoms with Gasteiger partial charge in [-0.25, -0.2) is 0 Å². The summed E-state index contributed by atoms with van der Waals surface area (Å²) in [5.74, 6) is 0.567. The molecule has 0 aliphatic carbocycles. The highest BCUT2D eigenvalue weighted by atomic mass is 32.2. The van der Waals surface area contributed by atoms with Crippen LogP contribution in [0.4, 0.5) is 0 Å². The summed E-state index contributed by atoms with van der Waals surface area (Å²) >= 11 is 1.38. The Kier molecular flexibility index (Phi) is 7.13. The summed E-state index contributed by atoms with van der Waals surface area (Å²) in [7, 11) is 0. The molecule has 0 bridgehead atoms. The lowest BCUT2D eigenvalue weighted by atomic mass is 10.2. The summed E-state index contributed by atoms with van der Waals surface area (Å²) in [6, 6.07) is 17.5. The SMILES string of the molecule is CCCCn1c(=O)c2ccccc2n2c(SC(C)C(=O)N(CC)Cc3ccccc3)nnc12. The van der Waals surface area contributed by atoms with E-state index in [9.17, 15) is 9.59 Å². The number of fused-ring (bicyclic) bond motifs is 3. The van der Waals surface area contributed by atoms with Gasteiger partial charge in [0.2, 0.25) is 11.7 Å². The van der Waals surface area contributed by atoms with E-state index in [1.807, 2.05) is 77.7 Å². The van der Waals surface area contributed by atoms with Gasteiger partial charge in [0.15, 0.2) is 5.16 Å². The number of hydrogen-bond acceptors (Lipinski definition) is 5. The molecule has 1 amide bonds. The first kappa shape index (κ1) is 23.0. The summed E-state index contributed by atoms with van der Waals surface area (Å²) in [5, 5.41) is 9.64. The number of para-hydroxylation sites is 1. The zero-order valence-corrected chi connectivity index (χ0v) is 20.1. The number of carbonyl (C=O) groups is 1. The molecule has 0 aliphatic rings. The fraction of sp³-hybridized carbons (Fsp3) is 0.360. The Morgan fingerprint density at radius 2 is 1.79 bits per heavy atom. The second kappa shape index (κ2) is 10.2. The van der Waals surface area contributed by atoms with Crippen LogP contribution in [0.5, 0.6) is 0 Å². The molecule has 0 saturated carbocycles. The first-order chi connectivity index (χ1) is 16.0. The van der Waals surface area contributed by atoms with E-state index in [1.165, 1.54) is 11.8 Å². The van der Waals surface area contributed by atoms with Crippen molar-refractivity contribution >= 4 is 34.3 Å². The van der Waals surface area contributed by atoms with E-state index >= 15 is 0 Å². The number of aryl methyl sites for hydroxylation is 1. The molecule has 2 aromatic heterocycles. The normalized spacial score (nSPS) is 12.3. The van der Waals surface area contributed by atoms with Crippen molar-refractivity contribution in [3.8, 4) is 0 Å². The van der Waals surface area contributed by atoms with Crippen molar-refractivity contribution in [1.29, 1.82) is 0 Å². The number of thioether (sulfide) groups is 1. The zero-order chi connectivity index (χ0) is 23.4. The average molecular weight is 464 g/mol. The van der Waals surface area contributed by atoms with Crippen molar-refractivity contribution in [3.05, 3.63) is 70.5 Å². The van der Waals surface area contributed by atoms with Gasteiger partial charge < -0.3 is 4.90 Å². The maximum Gasteiger partial charge on any atom is 0.262 e. The Bertz CT molecular complexity index is 1320. The maximum atomic E-state index is 13.3. The zero-order valence-electron chi connectivity index (χ0n) is 19.3. The second-order valence-corrected chi connectivity index (χ2v) is 9.35. The Balaban J connectivity index is 1.68. The molecule has 33 heavy (non-hydrogen) atoms. The first-order valence-corrected chi connectivity index (χ1v) is 12.3.